The first kappa shape index (κ1) is 16.7. The maximum Gasteiger partial charge on any atom is 0.225 e. The van der Waals surface area contributed by atoms with E-state index in [-0.39, 0.29) is 6.61 Å². The van der Waals surface area contributed by atoms with Crippen molar-refractivity contribution in [2.75, 3.05) is 24.6 Å². The van der Waals surface area contributed by atoms with E-state index in [1.165, 1.54) is 29.7 Å². The zero-order valence-corrected chi connectivity index (χ0v) is 15.9. The van der Waals surface area contributed by atoms with Gasteiger partial charge in [-0.15, -0.1) is 0 Å². The summed E-state index contributed by atoms with van der Waals surface area (Å²) in [6.45, 7) is 3.20. The Hall–Kier alpha value is -1.50. The van der Waals surface area contributed by atoms with Crippen LogP contribution in [0.25, 0.3) is 0 Å². The molecule has 0 unspecified atom stereocenters. The maximum absolute atomic E-state index is 9.49. The standard InChI is InChI=1S/C20H26N4OS/c25-12-14-2-1-6-23(10-14)20-21-9-17-18(22-20)8-16-3-4-19(17)24(16)11-15-5-7-26-13-15/h5,7,9,13-14,16,19,25H,1-4,6,8,10-12H2/t14-,16+,19+/m0/s1. The number of nitrogens with zero attached hydrogens (tertiary/aromatic N) is 4. The third-order valence-electron chi connectivity index (χ3n) is 6.32. The van der Waals surface area contributed by atoms with Crippen molar-refractivity contribution < 1.29 is 5.11 Å². The number of hydrogen-bond donors (Lipinski definition) is 1. The lowest BCUT2D eigenvalue weighted by molar-refractivity contribution is 0.166. The highest BCUT2D eigenvalue weighted by atomic mass is 32.1. The molecule has 5 heterocycles. The highest BCUT2D eigenvalue weighted by molar-refractivity contribution is 7.07. The normalized spacial score (nSPS) is 28.3. The SMILES string of the molecule is OC[C@H]1CCCN(c2ncc3c(n2)C[C@H]2CC[C@H]3N2Cc2ccsc2)C1. The molecule has 3 aliphatic heterocycles. The van der Waals surface area contributed by atoms with Crippen molar-refractivity contribution in [2.24, 2.45) is 5.92 Å². The molecule has 3 atom stereocenters. The zero-order valence-electron chi connectivity index (χ0n) is 15.0. The number of hydrogen-bond acceptors (Lipinski definition) is 6. The smallest absolute Gasteiger partial charge is 0.225 e. The molecule has 0 amide bonds. The van der Waals surface area contributed by atoms with E-state index in [0.29, 0.717) is 18.0 Å². The van der Waals surface area contributed by atoms with Crippen LogP contribution in [-0.4, -0.2) is 45.7 Å². The van der Waals surface area contributed by atoms with Gasteiger partial charge >= 0.3 is 0 Å². The number of thiophene rings is 1. The van der Waals surface area contributed by atoms with Gasteiger partial charge in [-0.1, -0.05) is 0 Å². The number of rotatable bonds is 4. The zero-order chi connectivity index (χ0) is 17.5. The van der Waals surface area contributed by atoms with E-state index >= 15 is 0 Å². The molecule has 5 nitrogen and oxygen atoms in total. The summed E-state index contributed by atoms with van der Waals surface area (Å²) in [7, 11) is 0. The Morgan fingerprint density at radius 2 is 2.23 bits per heavy atom. The maximum atomic E-state index is 9.49. The Kier molecular flexibility index (Phi) is 4.43. The second kappa shape index (κ2) is 6.91. The third kappa shape index (κ3) is 2.94. The number of piperidine rings is 1. The Morgan fingerprint density at radius 1 is 1.27 bits per heavy atom. The largest absolute Gasteiger partial charge is 0.396 e. The second-order valence-corrected chi connectivity index (χ2v) is 8.74. The highest BCUT2D eigenvalue weighted by Gasteiger charge is 2.41. The lowest BCUT2D eigenvalue weighted by Gasteiger charge is -2.36. The molecule has 0 spiro atoms. The van der Waals surface area contributed by atoms with Gasteiger partial charge < -0.3 is 10.0 Å². The van der Waals surface area contributed by atoms with Crippen LogP contribution in [0.5, 0.6) is 0 Å². The number of fused-ring (bicyclic) bond motifs is 4. The van der Waals surface area contributed by atoms with Crippen LogP contribution in [0.3, 0.4) is 0 Å². The number of aromatic nitrogens is 2. The first-order valence-electron chi connectivity index (χ1n) is 9.80. The van der Waals surface area contributed by atoms with Crippen molar-refractivity contribution in [3.05, 3.63) is 39.8 Å². The van der Waals surface area contributed by atoms with Crippen LogP contribution in [-0.2, 0) is 13.0 Å². The molecule has 2 fully saturated rings. The third-order valence-corrected chi connectivity index (χ3v) is 7.06. The van der Waals surface area contributed by atoms with E-state index in [4.69, 9.17) is 9.97 Å². The fourth-order valence-electron chi connectivity index (χ4n) is 4.95. The first-order chi connectivity index (χ1) is 12.8. The molecule has 3 aliphatic rings. The fourth-order valence-corrected chi connectivity index (χ4v) is 5.61. The summed E-state index contributed by atoms with van der Waals surface area (Å²) in [6.07, 6.45) is 7.85. The summed E-state index contributed by atoms with van der Waals surface area (Å²) >= 11 is 1.78. The summed E-state index contributed by atoms with van der Waals surface area (Å²) < 4.78 is 0. The summed E-state index contributed by atoms with van der Waals surface area (Å²) in [5.74, 6) is 1.23. The average Bonchev–Trinajstić information content (AvgIpc) is 3.29. The van der Waals surface area contributed by atoms with Crippen LogP contribution < -0.4 is 4.90 Å². The minimum absolute atomic E-state index is 0.267. The molecule has 1 N–H and O–H groups in total. The first-order valence-corrected chi connectivity index (χ1v) is 10.7. The van der Waals surface area contributed by atoms with Gasteiger partial charge in [-0.05, 0) is 54.0 Å². The molecule has 2 saturated heterocycles. The van der Waals surface area contributed by atoms with E-state index in [1.54, 1.807) is 11.3 Å². The van der Waals surface area contributed by atoms with E-state index in [9.17, 15) is 5.11 Å². The molecule has 2 aromatic rings. The van der Waals surface area contributed by atoms with Crippen LogP contribution in [0.4, 0.5) is 5.95 Å². The molecule has 2 bridgehead atoms. The summed E-state index contributed by atoms with van der Waals surface area (Å²) in [5, 5.41) is 13.9. The van der Waals surface area contributed by atoms with Crippen LogP contribution in [0.1, 0.15) is 48.5 Å². The van der Waals surface area contributed by atoms with Crippen LogP contribution >= 0.6 is 11.3 Å². The molecule has 5 rings (SSSR count). The average molecular weight is 371 g/mol. The van der Waals surface area contributed by atoms with E-state index in [0.717, 1.165) is 44.8 Å². The molecule has 138 valence electrons. The van der Waals surface area contributed by atoms with Gasteiger partial charge in [0.05, 0.1) is 5.69 Å². The topological polar surface area (TPSA) is 52.5 Å². The van der Waals surface area contributed by atoms with Gasteiger partial charge in [0.25, 0.3) is 0 Å². The van der Waals surface area contributed by atoms with Gasteiger partial charge in [0.15, 0.2) is 0 Å². The van der Waals surface area contributed by atoms with Crippen LogP contribution in [0.15, 0.2) is 23.0 Å². The fraction of sp³-hybridized carbons (Fsp3) is 0.600. The number of aliphatic hydroxyl groups is 1. The van der Waals surface area contributed by atoms with E-state index in [1.807, 2.05) is 0 Å². The molecule has 26 heavy (non-hydrogen) atoms. The lowest BCUT2D eigenvalue weighted by Crippen LogP contribution is -2.40. The summed E-state index contributed by atoms with van der Waals surface area (Å²) in [4.78, 5) is 14.7. The Balaban J connectivity index is 1.38. The van der Waals surface area contributed by atoms with Crippen LogP contribution in [0, 0.1) is 5.92 Å². The monoisotopic (exact) mass is 370 g/mol. The van der Waals surface area contributed by atoms with Crippen LogP contribution in [0.2, 0.25) is 0 Å². The summed E-state index contributed by atoms with van der Waals surface area (Å²) in [5.41, 5.74) is 4.03. The summed E-state index contributed by atoms with van der Waals surface area (Å²) in [6, 6.07) is 3.33. The lowest BCUT2D eigenvalue weighted by atomic mass is 9.98. The molecule has 0 radical (unpaired) electrons. The quantitative estimate of drug-likeness (QED) is 0.897. The highest BCUT2D eigenvalue weighted by Crippen LogP contribution is 2.44. The van der Waals surface area contributed by atoms with Gasteiger partial charge in [-0.2, -0.15) is 11.3 Å². The van der Waals surface area contributed by atoms with Crippen molar-refractivity contribution in [2.45, 2.75) is 50.7 Å². The molecule has 0 aliphatic carbocycles. The molecule has 6 heteroatoms. The Bertz CT molecular complexity index is 765. The minimum atomic E-state index is 0.267. The molecule has 0 saturated carbocycles. The van der Waals surface area contributed by atoms with Crippen molar-refractivity contribution in [1.82, 2.24) is 14.9 Å². The molecular weight excluding hydrogens is 344 g/mol. The predicted molar refractivity (Wildman–Crippen MR) is 103 cm³/mol. The van der Waals surface area contributed by atoms with E-state index in [2.05, 4.69) is 32.8 Å². The molecule has 0 aromatic carbocycles. The number of aliphatic hydroxyl groups excluding tert-OH is 1. The second-order valence-electron chi connectivity index (χ2n) is 7.96. The van der Waals surface area contributed by atoms with Gasteiger partial charge in [0.1, 0.15) is 0 Å². The number of anilines is 1. The van der Waals surface area contributed by atoms with Gasteiger partial charge in [0.2, 0.25) is 5.95 Å². The van der Waals surface area contributed by atoms with Crippen molar-refractivity contribution in [1.29, 1.82) is 0 Å². The van der Waals surface area contributed by atoms with Gasteiger partial charge in [0, 0.05) is 56.5 Å². The Labute approximate surface area is 158 Å². The molecule has 2 aromatic heterocycles. The van der Waals surface area contributed by atoms with E-state index < -0.39 is 0 Å². The van der Waals surface area contributed by atoms with Crippen molar-refractivity contribution in [3.63, 3.8) is 0 Å². The molecular formula is C20H26N4OS. The predicted octanol–water partition coefficient (Wildman–Crippen LogP) is 3.01. The van der Waals surface area contributed by atoms with Gasteiger partial charge in [-0.25, -0.2) is 9.97 Å². The Morgan fingerprint density at radius 3 is 3.08 bits per heavy atom. The van der Waals surface area contributed by atoms with Gasteiger partial charge in [-0.3, -0.25) is 4.90 Å². The minimum Gasteiger partial charge on any atom is -0.396 e. The van der Waals surface area contributed by atoms with Crippen molar-refractivity contribution >= 4 is 17.3 Å². The van der Waals surface area contributed by atoms with Crippen molar-refractivity contribution in [3.8, 4) is 0 Å².